The van der Waals surface area contributed by atoms with E-state index in [1.165, 1.54) is 161 Å². The van der Waals surface area contributed by atoms with Gasteiger partial charge >= 0.3 is 0 Å². The predicted octanol–water partition coefficient (Wildman–Crippen LogP) is 10.7. The zero-order valence-electron chi connectivity index (χ0n) is 23.9. The van der Waals surface area contributed by atoms with Crippen LogP contribution in [0.15, 0.2) is 18.5 Å². The Morgan fingerprint density at radius 2 is 0.824 bits per heavy atom. The minimum atomic E-state index is 1.20. The van der Waals surface area contributed by atoms with E-state index in [0.717, 1.165) is 0 Å². The molecular formula is C33H62N+. The number of hydrogen-bond donors (Lipinski definition) is 0. The zero-order valence-corrected chi connectivity index (χ0v) is 23.9. The van der Waals surface area contributed by atoms with Gasteiger partial charge in [-0.3, -0.25) is 0 Å². The van der Waals surface area contributed by atoms with Gasteiger partial charge in [0.25, 0.3) is 0 Å². The van der Waals surface area contributed by atoms with Gasteiger partial charge in [-0.05, 0) is 37.7 Å². The van der Waals surface area contributed by atoms with Crippen LogP contribution < -0.4 is 4.57 Å². The molecule has 0 amide bonds. The molecule has 0 saturated carbocycles. The number of rotatable bonds is 25. The van der Waals surface area contributed by atoms with Crippen LogP contribution in [0, 0.1) is 0 Å². The molecular weight excluding hydrogens is 410 g/mol. The van der Waals surface area contributed by atoms with Crippen LogP contribution in [0.2, 0.25) is 0 Å². The molecule has 0 aromatic carbocycles. The van der Waals surface area contributed by atoms with Gasteiger partial charge in [-0.1, -0.05) is 136 Å². The number of aryl methyl sites for hydroxylation is 3. The van der Waals surface area contributed by atoms with Gasteiger partial charge < -0.3 is 0 Å². The van der Waals surface area contributed by atoms with E-state index < -0.39 is 0 Å². The normalized spacial score (nSPS) is 11.4. The third kappa shape index (κ3) is 17.6. The lowest BCUT2D eigenvalue weighted by atomic mass is 9.98. The summed E-state index contributed by atoms with van der Waals surface area (Å²) in [6.45, 7) is 8.13. The first-order valence-electron chi connectivity index (χ1n) is 15.8. The quantitative estimate of drug-likeness (QED) is 0.0983. The maximum atomic E-state index is 2.50. The van der Waals surface area contributed by atoms with Crippen molar-refractivity contribution >= 4 is 0 Å². The fourth-order valence-electron chi connectivity index (χ4n) is 5.20. The molecule has 0 N–H and O–H groups in total. The van der Waals surface area contributed by atoms with E-state index in [2.05, 4.69) is 43.8 Å². The van der Waals surface area contributed by atoms with Crippen LogP contribution in [0.5, 0.6) is 0 Å². The summed E-state index contributed by atoms with van der Waals surface area (Å²) in [7, 11) is 0. The Kier molecular flexibility index (Phi) is 21.9. The Morgan fingerprint density at radius 1 is 0.441 bits per heavy atom. The molecule has 34 heavy (non-hydrogen) atoms. The summed E-state index contributed by atoms with van der Waals surface area (Å²) >= 11 is 0. The lowest BCUT2D eigenvalue weighted by Crippen LogP contribution is -2.34. The largest absolute Gasteiger partial charge is 0.205 e. The third-order valence-electron chi connectivity index (χ3n) is 7.57. The minimum Gasteiger partial charge on any atom is -0.205 e. The van der Waals surface area contributed by atoms with Crippen molar-refractivity contribution < 1.29 is 4.57 Å². The van der Waals surface area contributed by atoms with E-state index in [1.807, 2.05) is 0 Å². The summed E-state index contributed by atoms with van der Waals surface area (Å²) < 4.78 is 2.49. The van der Waals surface area contributed by atoms with E-state index in [4.69, 9.17) is 0 Å². The van der Waals surface area contributed by atoms with Gasteiger partial charge in [0.1, 0.15) is 6.54 Å². The molecule has 1 heterocycles. The monoisotopic (exact) mass is 472 g/mol. The summed E-state index contributed by atoms with van der Waals surface area (Å²) in [5.74, 6) is 0. The molecule has 0 fully saturated rings. The highest BCUT2D eigenvalue weighted by molar-refractivity contribution is 5.21. The number of unbranched alkanes of at least 4 members (excludes halogenated alkanes) is 19. The lowest BCUT2D eigenvalue weighted by Gasteiger charge is -2.09. The van der Waals surface area contributed by atoms with Gasteiger partial charge in [0.05, 0.1) is 0 Å². The molecule has 1 aromatic heterocycles. The SMILES string of the molecule is CCCCCCCCCCCCCCCC[n+]1ccc(CCCCCC)c(CCCCCC)c1. The number of hydrogen-bond acceptors (Lipinski definition) is 0. The number of nitrogens with zero attached hydrogens (tertiary/aromatic N) is 1. The standard InChI is InChI=1S/C33H62N/c1-4-7-10-13-14-15-16-17-18-19-20-21-22-25-29-34-30-28-32(26-23-11-8-5-2)33(31-34)27-24-12-9-6-3/h28,30-31H,4-27,29H2,1-3H3/q+1. The highest BCUT2D eigenvalue weighted by Gasteiger charge is 2.10. The molecule has 0 aliphatic rings. The Bertz CT molecular complexity index is 549. The number of aromatic nitrogens is 1. The predicted molar refractivity (Wildman–Crippen MR) is 153 cm³/mol. The van der Waals surface area contributed by atoms with Crippen LogP contribution in [-0.4, -0.2) is 0 Å². The van der Waals surface area contributed by atoms with Gasteiger partial charge in [-0.2, -0.15) is 0 Å². The van der Waals surface area contributed by atoms with E-state index in [0.29, 0.717) is 0 Å². The van der Waals surface area contributed by atoms with Crippen molar-refractivity contribution in [1.29, 1.82) is 0 Å². The molecule has 198 valence electrons. The molecule has 0 atom stereocenters. The minimum absolute atomic E-state index is 1.20. The summed E-state index contributed by atoms with van der Waals surface area (Å²) in [4.78, 5) is 0. The fraction of sp³-hybridized carbons (Fsp3) is 0.848. The van der Waals surface area contributed by atoms with Crippen molar-refractivity contribution in [3.63, 3.8) is 0 Å². The first kappa shape index (κ1) is 31.2. The smallest absolute Gasteiger partial charge is 0.172 e. The van der Waals surface area contributed by atoms with Crippen LogP contribution in [-0.2, 0) is 19.4 Å². The maximum Gasteiger partial charge on any atom is 0.172 e. The average Bonchev–Trinajstić information content (AvgIpc) is 2.85. The van der Waals surface area contributed by atoms with Gasteiger partial charge in [-0.25, -0.2) is 4.57 Å². The zero-order chi connectivity index (χ0) is 24.5. The van der Waals surface area contributed by atoms with E-state index in [9.17, 15) is 0 Å². The second kappa shape index (κ2) is 23.9. The van der Waals surface area contributed by atoms with Crippen molar-refractivity contribution in [3.8, 4) is 0 Å². The van der Waals surface area contributed by atoms with Gasteiger partial charge in [0.15, 0.2) is 12.4 Å². The van der Waals surface area contributed by atoms with Crippen LogP contribution >= 0.6 is 0 Å². The average molecular weight is 473 g/mol. The first-order valence-corrected chi connectivity index (χ1v) is 15.8. The summed E-state index contributed by atoms with van der Waals surface area (Å²) in [5.41, 5.74) is 3.27. The highest BCUT2D eigenvalue weighted by atomic mass is 14.9. The molecule has 0 radical (unpaired) electrons. The second-order valence-corrected chi connectivity index (χ2v) is 11.0. The van der Waals surface area contributed by atoms with Crippen LogP contribution in [0.4, 0.5) is 0 Å². The Balaban J connectivity index is 2.18. The van der Waals surface area contributed by atoms with Gasteiger partial charge in [0, 0.05) is 18.1 Å². The molecule has 1 heteroatoms. The summed E-state index contributed by atoms with van der Waals surface area (Å²) in [6, 6.07) is 2.45. The Morgan fingerprint density at radius 3 is 1.29 bits per heavy atom. The molecule has 0 bridgehead atoms. The molecule has 0 saturated heterocycles. The molecule has 0 spiro atoms. The second-order valence-electron chi connectivity index (χ2n) is 11.0. The summed E-state index contributed by atoms with van der Waals surface area (Å²) in [5, 5.41) is 0. The molecule has 0 aliphatic heterocycles. The molecule has 1 nitrogen and oxygen atoms in total. The van der Waals surface area contributed by atoms with Gasteiger partial charge in [-0.15, -0.1) is 0 Å². The van der Waals surface area contributed by atoms with Crippen LogP contribution in [0.3, 0.4) is 0 Å². The van der Waals surface area contributed by atoms with E-state index in [-0.39, 0.29) is 0 Å². The third-order valence-corrected chi connectivity index (χ3v) is 7.57. The molecule has 1 aromatic rings. The van der Waals surface area contributed by atoms with Crippen molar-refractivity contribution in [2.24, 2.45) is 0 Å². The maximum absolute atomic E-state index is 2.50. The molecule has 0 unspecified atom stereocenters. The van der Waals surface area contributed by atoms with Crippen molar-refractivity contribution in [3.05, 3.63) is 29.6 Å². The molecule has 0 aliphatic carbocycles. The lowest BCUT2D eigenvalue weighted by molar-refractivity contribution is -0.697. The fourth-order valence-corrected chi connectivity index (χ4v) is 5.20. The van der Waals surface area contributed by atoms with Crippen molar-refractivity contribution in [2.75, 3.05) is 0 Å². The molecule has 1 rings (SSSR count). The Hall–Kier alpha value is -0.850. The van der Waals surface area contributed by atoms with E-state index >= 15 is 0 Å². The van der Waals surface area contributed by atoms with Gasteiger partial charge in [0.2, 0.25) is 0 Å². The number of pyridine rings is 1. The van der Waals surface area contributed by atoms with E-state index in [1.54, 1.807) is 11.1 Å². The highest BCUT2D eigenvalue weighted by Crippen LogP contribution is 2.16. The van der Waals surface area contributed by atoms with Crippen molar-refractivity contribution in [1.82, 2.24) is 0 Å². The van der Waals surface area contributed by atoms with Crippen LogP contribution in [0.1, 0.15) is 173 Å². The van der Waals surface area contributed by atoms with Crippen molar-refractivity contribution in [2.45, 2.75) is 181 Å². The summed E-state index contributed by atoms with van der Waals surface area (Å²) in [6.07, 6.45) is 38.5. The topological polar surface area (TPSA) is 3.88 Å². The van der Waals surface area contributed by atoms with Crippen LogP contribution in [0.25, 0.3) is 0 Å². The first-order chi connectivity index (χ1) is 16.8. The Labute approximate surface area is 215 Å².